The lowest BCUT2D eigenvalue weighted by atomic mass is 10.1. The molecule has 0 saturated heterocycles. The number of carboxylic acids is 1. The number of carbonyl (C=O) groups is 1. The van der Waals surface area contributed by atoms with Crippen molar-refractivity contribution < 1.29 is 19.7 Å². The highest BCUT2D eigenvalue weighted by Gasteiger charge is 2.15. The molecule has 0 amide bonds. The van der Waals surface area contributed by atoms with Crippen LogP contribution in [-0.4, -0.2) is 22.8 Å². The molecule has 0 fully saturated rings. The number of hydrogen-bond acceptors (Lipinski definition) is 3. The van der Waals surface area contributed by atoms with Crippen LogP contribution in [0.3, 0.4) is 0 Å². The summed E-state index contributed by atoms with van der Waals surface area (Å²) in [5.41, 5.74) is 0.371. The standard InChI is InChI=1S/C22H36O4/c1-2-3-4-5-6-7-8-9-10-11-12-13-18-26-20-16-14-19(15-17-20)21(23)22(24)25/h14-17,21,23H,2-13,18H2,1H3,(H,24,25). The quantitative estimate of drug-likeness (QED) is 0.359. The van der Waals surface area contributed by atoms with E-state index in [0.717, 1.165) is 12.2 Å². The molecular formula is C22H36O4. The maximum absolute atomic E-state index is 10.7. The molecule has 26 heavy (non-hydrogen) atoms. The maximum Gasteiger partial charge on any atom is 0.337 e. The average molecular weight is 365 g/mol. The van der Waals surface area contributed by atoms with E-state index in [1.54, 1.807) is 24.3 Å². The third-order valence-corrected chi connectivity index (χ3v) is 4.70. The molecular weight excluding hydrogens is 328 g/mol. The van der Waals surface area contributed by atoms with Gasteiger partial charge in [0.2, 0.25) is 0 Å². The second-order valence-electron chi connectivity index (χ2n) is 7.05. The maximum atomic E-state index is 10.7. The van der Waals surface area contributed by atoms with Gasteiger partial charge in [-0.2, -0.15) is 0 Å². The summed E-state index contributed by atoms with van der Waals surface area (Å²) in [6.07, 6.45) is 14.4. The molecule has 148 valence electrons. The summed E-state index contributed by atoms with van der Waals surface area (Å²) in [4.78, 5) is 10.7. The van der Waals surface area contributed by atoms with Gasteiger partial charge in [-0.05, 0) is 24.1 Å². The Balaban J connectivity index is 1.95. The lowest BCUT2D eigenvalue weighted by molar-refractivity contribution is -0.146. The van der Waals surface area contributed by atoms with Crippen molar-refractivity contribution in [2.75, 3.05) is 6.61 Å². The number of unbranched alkanes of at least 4 members (excludes halogenated alkanes) is 11. The minimum Gasteiger partial charge on any atom is -0.494 e. The number of aliphatic hydroxyl groups excluding tert-OH is 1. The van der Waals surface area contributed by atoms with Crippen LogP contribution in [0.25, 0.3) is 0 Å². The Bertz CT molecular complexity index is 470. The lowest BCUT2D eigenvalue weighted by Crippen LogP contribution is -2.10. The van der Waals surface area contributed by atoms with Gasteiger partial charge in [-0.15, -0.1) is 0 Å². The molecule has 1 rings (SSSR count). The van der Waals surface area contributed by atoms with Crippen LogP contribution < -0.4 is 4.74 Å². The van der Waals surface area contributed by atoms with Crippen molar-refractivity contribution >= 4 is 5.97 Å². The van der Waals surface area contributed by atoms with Gasteiger partial charge in [-0.3, -0.25) is 0 Å². The van der Waals surface area contributed by atoms with Crippen molar-refractivity contribution in [3.8, 4) is 5.75 Å². The van der Waals surface area contributed by atoms with E-state index < -0.39 is 12.1 Å². The SMILES string of the molecule is CCCCCCCCCCCCCCOc1ccc(C(O)C(=O)O)cc1. The first kappa shape index (κ1) is 22.5. The van der Waals surface area contributed by atoms with Crippen LogP contribution in [0, 0.1) is 0 Å². The van der Waals surface area contributed by atoms with Crippen LogP contribution in [0.15, 0.2) is 24.3 Å². The summed E-state index contributed by atoms with van der Waals surface area (Å²) in [6.45, 7) is 2.94. The second-order valence-corrected chi connectivity index (χ2v) is 7.05. The van der Waals surface area contributed by atoms with E-state index in [1.807, 2.05) is 0 Å². The highest BCUT2D eigenvalue weighted by atomic mass is 16.5. The van der Waals surface area contributed by atoms with Gasteiger partial charge in [0, 0.05) is 0 Å². The number of ether oxygens (including phenoxy) is 1. The molecule has 1 unspecified atom stereocenters. The molecule has 0 saturated carbocycles. The molecule has 4 nitrogen and oxygen atoms in total. The Hall–Kier alpha value is -1.55. The van der Waals surface area contributed by atoms with Gasteiger partial charge < -0.3 is 14.9 Å². The first-order valence-corrected chi connectivity index (χ1v) is 10.3. The Morgan fingerprint density at radius 3 is 1.77 bits per heavy atom. The van der Waals surface area contributed by atoms with Gasteiger partial charge in [0.25, 0.3) is 0 Å². The largest absolute Gasteiger partial charge is 0.494 e. The minimum absolute atomic E-state index is 0.371. The Labute approximate surface area is 158 Å². The Kier molecular flexibility index (Phi) is 12.6. The van der Waals surface area contributed by atoms with Crippen molar-refractivity contribution in [2.24, 2.45) is 0 Å². The fraction of sp³-hybridized carbons (Fsp3) is 0.682. The monoisotopic (exact) mass is 364 g/mol. The Morgan fingerprint density at radius 2 is 1.31 bits per heavy atom. The fourth-order valence-electron chi connectivity index (χ4n) is 3.02. The summed E-state index contributed by atoms with van der Waals surface area (Å²) in [7, 11) is 0. The zero-order chi connectivity index (χ0) is 19.0. The molecule has 1 aromatic rings. The third-order valence-electron chi connectivity index (χ3n) is 4.70. The smallest absolute Gasteiger partial charge is 0.337 e. The molecule has 1 aromatic carbocycles. The van der Waals surface area contributed by atoms with Crippen molar-refractivity contribution in [3.05, 3.63) is 29.8 Å². The number of aliphatic hydroxyl groups is 1. The van der Waals surface area contributed by atoms with Crippen LogP contribution >= 0.6 is 0 Å². The zero-order valence-corrected chi connectivity index (χ0v) is 16.3. The van der Waals surface area contributed by atoms with E-state index >= 15 is 0 Å². The minimum atomic E-state index is -1.47. The van der Waals surface area contributed by atoms with Gasteiger partial charge in [0.1, 0.15) is 5.75 Å². The number of benzene rings is 1. The topological polar surface area (TPSA) is 66.8 Å². The summed E-state index contributed by atoms with van der Waals surface area (Å²) in [5.74, 6) is -0.524. The molecule has 0 bridgehead atoms. The van der Waals surface area contributed by atoms with E-state index in [1.165, 1.54) is 70.6 Å². The predicted octanol–water partition coefficient (Wildman–Crippen LogP) is 5.88. The summed E-state index contributed by atoms with van der Waals surface area (Å²) < 4.78 is 5.66. The summed E-state index contributed by atoms with van der Waals surface area (Å²) in [5, 5.41) is 18.2. The van der Waals surface area contributed by atoms with Crippen LogP contribution in [0.2, 0.25) is 0 Å². The fourth-order valence-corrected chi connectivity index (χ4v) is 3.02. The molecule has 0 aliphatic rings. The number of rotatable bonds is 16. The van der Waals surface area contributed by atoms with Crippen molar-refractivity contribution in [3.63, 3.8) is 0 Å². The predicted molar refractivity (Wildman–Crippen MR) is 106 cm³/mol. The van der Waals surface area contributed by atoms with E-state index in [9.17, 15) is 9.90 Å². The van der Waals surface area contributed by atoms with Gasteiger partial charge in [0.15, 0.2) is 6.10 Å². The van der Waals surface area contributed by atoms with E-state index in [-0.39, 0.29) is 0 Å². The molecule has 0 heterocycles. The van der Waals surface area contributed by atoms with Crippen molar-refractivity contribution in [2.45, 2.75) is 90.1 Å². The third kappa shape index (κ3) is 10.4. The van der Waals surface area contributed by atoms with Gasteiger partial charge in [-0.1, -0.05) is 89.7 Å². The first-order chi connectivity index (χ1) is 12.6. The molecule has 1 atom stereocenters. The lowest BCUT2D eigenvalue weighted by Gasteiger charge is -2.09. The highest BCUT2D eigenvalue weighted by molar-refractivity contribution is 5.74. The molecule has 2 N–H and O–H groups in total. The molecule has 0 radical (unpaired) electrons. The average Bonchev–Trinajstić information content (AvgIpc) is 2.65. The van der Waals surface area contributed by atoms with E-state index in [2.05, 4.69) is 6.92 Å². The molecule has 0 aliphatic carbocycles. The van der Waals surface area contributed by atoms with Gasteiger partial charge in [0.05, 0.1) is 6.61 Å². The van der Waals surface area contributed by atoms with E-state index in [4.69, 9.17) is 9.84 Å². The Morgan fingerprint density at radius 1 is 0.846 bits per heavy atom. The summed E-state index contributed by atoms with van der Waals surface area (Å²) in [6, 6.07) is 6.61. The second kappa shape index (κ2) is 14.6. The number of hydrogen-bond donors (Lipinski definition) is 2. The van der Waals surface area contributed by atoms with Crippen LogP contribution in [0.5, 0.6) is 5.75 Å². The van der Waals surface area contributed by atoms with E-state index in [0.29, 0.717) is 12.2 Å². The van der Waals surface area contributed by atoms with Gasteiger partial charge >= 0.3 is 5.97 Å². The molecule has 4 heteroatoms. The van der Waals surface area contributed by atoms with Crippen LogP contribution in [0.4, 0.5) is 0 Å². The van der Waals surface area contributed by atoms with Crippen molar-refractivity contribution in [1.29, 1.82) is 0 Å². The number of carboxylic acid groups (broad SMARTS) is 1. The summed E-state index contributed by atoms with van der Waals surface area (Å²) >= 11 is 0. The first-order valence-electron chi connectivity index (χ1n) is 10.3. The van der Waals surface area contributed by atoms with Crippen LogP contribution in [0.1, 0.15) is 95.6 Å². The van der Waals surface area contributed by atoms with Gasteiger partial charge in [-0.25, -0.2) is 4.79 Å². The number of aliphatic carboxylic acids is 1. The zero-order valence-electron chi connectivity index (χ0n) is 16.3. The molecule has 0 aliphatic heterocycles. The molecule has 0 aromatic heterocycles. The van der Waals surface area contributed by atoms with Crippen molar-refractivity contribution in [1.82, 2.24) is 0 Å². The van der Waals surface area contributed by atoms with Crippen LogP contribution in [-0.2, 0) is 4.79 Å². The highest BCUT2D eigenvalue weighted by Crippen LogP contribution is 2.18. The molecule has 0 spiro atoms. The normalized spacial score (nSPS) is 12.1.